The average Bonchev–Trinajstić information content (AvgIpc) is 3.10. The Bertz CT molecular complexity index is 773. The third-order valence-electron chi connectivity index (χ3n) is 4.01. The van der Waals surface area contributed by atoms with Crippen LogP contribution in [-0.2, 0) is 0 Å². The van der Waals surface area contributed by atoms with E-state index in [4.69, 9.17) is 0 Å². The predicted molar refractivity (Wildman–Crippen MR) is 91.9 cm³/mol. The highest BCUT2D eigenvalue weighted by atomic mass is 32.2. The first-order valence-electron chi connectivity index (χ1n) is 7.48. The van der Waals surface area contributed by atoms with Gasteiger partial charge in [0.25, 0.3) is 5.91 Å². The second kappa shape index (κ2) is 5.70. The van der Waals surface area contributed by atoms with E-state index in [-0.39, 0.29) is 11.6 Å². The number of carbonyl (C=O) groups is 1. The maximum absolute atomic E-state index is 12.3. The van der Waals surface area contributed by atoms with Gasteiger partial charge in [-0.3, -0.25) is 9.36 Å². The van der Waals surface area contributed by atoms with Crippen LogP contribution in [0.4, 0.5) is 0 Å². The largest absolute Gasteiger partial charge is 0.350 e. The van der Waals surface area contributed by atoms with Crippen molar-refractivity contribution >= 4 is 40.5 Å². The van der Waals surface area contributed by atoms with E-state index >= 15 is 0 Å². The van der Waals surface area contributed by atoms with Crippen LogP contribution in [-0.4, -0.2) is 38.1 Å². The molecule has 2 fully saturated rings. The highest BCUT2D eigenvalue weighted by Crippen LogP contribution is 2.35. The number of rotatable bonds is 4. The molecule has 116 valence electrons. The van der Waals surface area contributed by atoms with Crippen molar-refractivity contribution in [2.24, 2.45) is 0 Å². The maximum Gasteiger partial charge on any atom is 0.326 e. The lowest BCUT2D eigenvalue weighted by atomic mass is 10.2. The second-order valence-corrected chi connectivity index (χ2v) is 8.56. The van der Waals surface area contributed by atoms with Crippen LogP contribution in [0.1, 0.15) is 29.2 Å². The van der Waals surface area contributed by atoms with Gasteiger partial charge in [0.15, 0.2) is 0 Å². The molecule has 0 radical (unpaired) electrons. The molecule has 0 spiro atoms. The fourth-order valence-corrected chi connectivity index (χ4v) is 5.42. The molecule has 0 unspecified atom stereocenters. The number of imidazole rings is 1. The molecule has 1 aromatic carbocycles. The Balaban J connectivity index is 1.57. The standard InChI is InChI=1S/C15H17N3O2S2/c19-14(16-8-13-21-5-6-22-13)9-1-4-11-12(7-9)18(10-2-3-10)15(20)17-11/h1,4,7,10,13H,2-3,5-6,8H2,(H,16,19)(H,17,20). The average molecular weight is 335 g/mol. The molecule has 2 aromatic rings. The quantitative estimate of drug-likeness (QED) is 0.899. The summed E-state index contributed by atoms with van der Waals surface area (Å²) in [7, 11) is 0. The van der Waals surface area contributed by atoms with Crippen molar-refractivity contribution in [1.82, 2.24) is 14.9 Å². The molecular weight excluding hydrogens is 318 g/mol. The van der Waals surface area contributed by atoms with Gasteiger partial charge in [0.1, 0.15) is 0 Å². The number of hydrogen-bond acceptors (Lipinski definition) is 4. The van der Waals surface area contributed by atoms with Crippen molar-refractivity contribution < 1.29 is 4.79 Å². The molecule has 1 aliphatic heterocycles. The minimum absolute atomic E-state index is 0.0639. The smallest absolute Gasteiger partial charge is 0.326 e. The summed E-state index contributed by atoms with van der Waals surface area (Å²) in [5.74, 6) is 2.26. The number of carbonyl (C=O) groups excluding carboxylic acids is 1. The summed E-state index contributed by atoms with van der Waals surface area (Å²) in [6, 6.07) is 5.73. The minimum Gasteiger partial charge on any atom is -0.350 e. The zero-order valence-corrected chi connectivity index (χ0v) is 13.6. The molecule has 1 saturated carbocycles. The molecular formula is C15H17N3O2S2. The number of aromatic amines is 1. The topological polar surface area (TPSA) is 66.9 Å². The van der Waals surface area contributed by atoms with Crippen LogP contribution >= 0.6 is 23.5 Å². The fourth-order valence-electron chi connectivity index (χ4n) is 2.76. The summed E-state index contributed by atoms with van der Waals surface area (Å²) in [6.07, 6.45) is 2.08. The third-order valence-corrected chi connectivity index (χ3v) is 7.04. The Hall–Kier alpha value is -1.34. The van der Waals surface area contributed by atoms with Crippen molar-refractivity contribution in [3.05, 3.63) is 34.2 Å². The van der Waals surface area contributed by atoms with Gasteiger partial charge in [0.2, 0.25) is 0 Å². The number of nitrogens with zero attached hydrogens (tertiary/aromatic N) is 1. The Morgan fingerprint density at radius 3 is 2.82 bits per heavy atom. The molecule has 1 aliphatic carbocycles. The molecule has 7 heteroatoms. The van der Waals surface area contributed by atoms with E-state index in [0.717, 1.165) is 35.4 Å². The summed E-state index contributed by atoms with van der Waals surface area (Å²) < 4.78 is 2.25. The van der Waals surface area contributed by atoms with Gasteiger partial charge in [-0.15, -0.1) is 23.5 Å². The van der Waals surface area contributed by atoms with E-state index in [2.05, 4.69) is 10.3 Å². The molecule has 1 amide bonds. The summed E-state index contributed by atoms with van der Waals surface area (Å²) in [5.41, 5.74) is 2.18. The lowest BCUT2D eigenvalue weighted by Gasteiger charge is -2.10. The summed E-state index contributed by atoms with van der Waals surface area (Å²) in [6.45, 7) is 0.689. The van der Waals surface area contributed by atoms with Crippen LogP contribution in [0.3, 0.4) is 0 Å². The van der Waals surface area contributed by atoms with Crippen molar-refractivity contribution in [1.29, 1.82) is 0 Å². The van der Waals surface area contributed by atoms with Crippen LogP contribution in [0.15, 0.2) is 23.0 Å². The minimum atomic E-state index is -0.0752. The van der Waals surface area contributed by atoms with E-state index in [1.54, 1.807) is 10.6 Å². The van der Waals surface area contributed by atoms with Gasteiger partial charge < -0.3 is 10.3 Å². The number of thioether (sulfide) groups is 2. The van der Waals surface area contributed by atoms with Crippen LogP contribution in [0.5, 0.6) is 0 Å². The van der Waals surface area contributed by atoms with Crippen molar-refractivity contribution in [3.8, 4) is 0 Å². The Morgan fingerprint density at radius 1 is 1.32 bits per heavy atom. The van der Waals surface area contributed by atoms with E-state index in [1.165, 1.54) is 0 Å². The van der Waals surface area contributed by atoms with Crippen LogP contribution in [0.2, 0.25) is 0 Å². The number of benzene rings is 1. The number of hydrogen-bond donors (Lipinski definition) is 2. The van der Waals surface area contributed by atoms with E-state index in [9.17, 15) is 9.59 Å². The zero-order chi connectivity index (χ0) is 15.1. The van der Waals surface area contributed by atoms with Gasteiger partial charge in [-0.2, -0.15) is 0 Å². The van der Waals surface area contributed by atoms with Crippen LogP contribution < -0.4 is 11.0 Å². The molecule has 0 atom stereocenters. The van der Waals surface area contributed by atoms with E-state index in [0.29, 0.717) is 22.7 Å². The fraction of sp³-hybridized carbons (Fsp3) is 0.467. The van der Waals surface area contributed by atoms with Crippen LogP contribution in [0, 0.1) is 0 Å². The first-order valence-corrected chi connectivity index (χ1v) is 9.58. The van der Waals surface area contributed by atoms with Gasteiger partial charge in [-0.1, -0.05) is 0 Å². The molecule has 2 heterocycles. The first kappa shape index (κ1) is 14.3. The number of nitrogens with one attached hydrogen (secondary N) is 2. The molecule has 0 bridgehead atoms. The molecule has 5 nitrogen and oxygen atoms in total. The Morgan fingerprint density at radius 2 is 2.09 bits per heavy atom. The maximum atomic E-state index is 12.3. The number of H-pyrrole nitrogens is 1. The van der Waals surface area contributed by atoms with Gasteiger partial charge in [-0.25, -0.2) is 4.79 Å². The molecule has 4 rings (SSSR count). The molecule has 2 N–H and O–H groups in total. The summed E-state index contributed by atoms with van der Waals surface area (Å²) in [4.78, 5) is 27.2. The van der Waals surface area contributed by atoms with Gasteiger partial charge >= 0.3 is 5.69 Å². The Labute approximate surface area is 136 Å². The van der Waals surface area contributed by atoms with Crippen molar-refractivity contribution in [2.75, 3.05) is 18.1 Å². The lowest BCUT2D eigenvalue weighted by molar-refractivity contribution is 0.0955. The van der Waals surface area contributed by atoms with E-state index in [1.807, 2.05) is 35.7 Å². The van der Waals surface area contributed by atoms with E-state index < -0.39 is 0 Å². The second-order valence-electron chi connectivity index (χ2n) is 5.64. The summed E-state index contributed by atoms with van der Waals surface area (Å²) >= 11 is 3.80. The van der Waals surface area contributed by atoms with Gasteiger partial charge in [-0.05, 0) is 31.0 Å². The first-order chi connectivity index (χ1) is 10.7. The summed E-state index contributed by atoms with van der Waals surface area (Å²) in [5, 5.41) is 3.00. The van der Waals surface area contributed by atoms with Crippen molar-refractivity contribution in [3.63, 3.8) is 0 Å². The highest BCUT2D eigenvalue weighted by molar-refractivity contribution is 8.20. The van der Waals surface area contributed by atoms with Crippen molar-refractivity contribution in [2.45, 2.75) is 23.5 Å². The lowest BCUT2D eigenvalue weighted by Crippen LogP contribution is -2.28. The number of amides is 1. The SMILES string of the molecule is O=C(NCC1SCCS1)c1ccc2[nH]c(=O)n(C3CC3)c2c1. The predicted octanol–water partition coefficient (Wildman–Crippen LogP) is 2.20. The van der Waals surface area contributed by atoms with Gasteiger partial charge in [0.05, 0.1) is 15.6 Å². The molecule has 1 aromatic heterocycles. The number of aromatic nitrogens is 2. The molecule has 1 saturated heterocycles. The van der Waals surface area contributed by atoms with Crippen LogP contribution in [0.25, 0.3) is 11.0 Å². The monoisotopic (exact) mass is 335 g/mol. The molecule has 2 aliphatic rings. The molecule has 22 heavy (non-hydrogen) atoms. The zero-order valence-electron chi connectivity index (χ0n) is 12.0. The highest BCUT2D eigenvalue weighted by Gasteiger charge is 2.27. The normalized spacial score (nSPS) is 18.9. The Kier molecular flexibility index (Phi) is 3.69. The third kappa shape index (κ3) is 2.67. The number of fused-ring (bicyclic) bond motifs is 1. The van der Waals surface area contributed by atoms with Gasteiger partial charge in [0, 0.05) is 29.7 Å².